The van der Waals surface area contributed by atoms with Gasteiger partial charge in [0.15, 0.2) is 17.3 Å². The lowest BCUT2D eigenvalue weighted by Crippen LogP contribution is -2.04. The molecule has 0 saturated heterocycles. The van der Waals surface area contributed by atoms with Crippen molar-refractivity contribution in [2.45, 2.75) is 6.92 Å². The smallest absolute Gasteiger partial charge is 0.172 e. The number of hydrogen-bond donors (Lipinski definition) is 1. The fourth-order valence-corrected chi connectivity index (χ4v) is 1.54. The Balaban J connectivity index is 3.25. The summed E-state index contributed by atoms with van der Waals surface area (Å²) >= 11 is 3.96. The first-order valence-electron chi connectivity index (χ1n) is 4.50. The summed E-state index contributed by atoms with van der Waals surface area (Å²) in [6, 6.07) is 3.47. The highest BCUT2D eigenvalue weighted by molar-refractivity contribution is 7.81. The standard InChI is InChI=1S/C11H14O3S/c1-7-4-10(13-2)11(14-3)5-8(7)9(12)6-15/h4-5,15H,6H2,1-3H3. The molecule has 0 aliphatic heterocycles. The maximum atomic E-state index is 11.5. The summed E-state index contributed by atoms with van der Waals surface area (Å²) in [5.74, 6) is 1.37. The minimum atomic E-state index is -0.0169. The molecule has 0 aromatic heterocycles. The molecule has 1 aromatic rings. The zero-order valence-electron chi connectivity index (χ0n) is 9.03. The molecule has 0 radical (unpaired) electrons. The van der Waals surface area contributed by atoms with E-state index in [-0.39, 0.29) is 11.5 Å². The second-order valence-corrected chi connectivity index (χ2v) is 3.42. The number of Topliss-reactive ketones (excluding diaryl/α,β-unsaturated/α-hetero) is 1. The van der Waals surface area contributed by atoms with Crippen molar-refractivity contribution >= 4 is 18.4 Å². The predicted octanol–water partition coefficient (Wildman–Crippen LogP) is 2.12. The molecule has 0 N–H and O–H groups in total. The lowest BCUT2D eigenvalue weighted by Gasteiger charge is -2.11. The molecule has 0 fully saturated rings. The topological polar surface area (TPSA) is 35.5 Å². The maximum absolute atomic E-state index is 11.5. The van der Waals surface area contributed by atoms with Gasteiger partial charge in [0, 0.05) is 5.56 Å². The molecule has 0 unspecified atom stereocenters. The van der Waals surface area contributed by atoms with E-state index in [1.165, 1.54) is 0 Å². The summed E-state index contributed by atoms with van der Waals surface area (Å²) < 4.78 is 10.3. The van der Waals surface area contributed by atoms with Gasteiger partial charge in [-0.25, -0.2) is 0 Å². The van der Waals surface area contributed by atoms with Crippen molar-refractivity contribution in [1.82, 2.24) is 0 Å². The summed E-state index contributed by atoms with van der Waals surface area (Å²) in [5, 5.41) is 0. The molecule has 0 bridgehead atoms. The largest absolute Gasteiger partial charge is 0.493 e. The van der Waals surface area contributed by atoms with E-state index >= 15 is 0 Å². The zero-order valence-corrected chi connectivity index (χ0v) is 9.93. The van der Waals surface area contributed by atoms with Crippen LogP contribution in [0.25, 0.3) is 0 Å². The third-order valence-corrected chi connectivity index (χ3v) is 2.46. The first-order valence-corrected chi connectivity index (χ1v) is 5.14. The molecule has 0 atom stereocenters. The Morgan fingerprint density at radius 3 is 2.27 bits per heavy atom. The normalized spacial score (nSPS) is 9.87. The minimum absolute atomic E-state index is 0.0169. The number of rotatable bonds is 4. The van der Waals surface area contributed by atoms with Crippen LogP contribution in [0.1, 0.15) is 15.9 Å². The Morgan fingerprint density at radius 2 is 1.80 bits per heavy atom. The average molecular weight is 226 g/mol. The monoisotopic (exact) mass is 226 g/mol. The first kappa shape index (κ1) is 11.9. The van der Waals surface area contributed by atoms with Gasteiger partial charge in [-0.05, 0) is 24.6 Å². The molecule has 1 aromatic carbocycles. The van der Waals surface area contributed by atoms with E-state index in [2.05, 4.69) is 12.6 Å². The fourth-order valence-electron chi connectivity index (χ4n) is 1.37. The lowest BCUT2D eigenvalue weighted by atomic mass is 10.0. The number of carbonyl (C=O) groups is 1. The molecule has 15 heavy (non-hydrogen) atoms. The Kier molecular flexibility index (Phi) is 4.03. The summed E-state index contributed by atoms with van der Waals surface area (Å²) in [6.45, 7) is 1.86. The number of aryl methyl sites for hydroxylation is 1. The van der Waals surface area contributed by atoms with Crippen LogP contribution < -0.4 is 9.47 Å². The van der Waals surface area contributed by atoms with Crippen molar-refractivity contribution in [1.29, 1.82) is 0 Å². The predicted molar refractivity (Wildman–Crippen MR) is 62.5 cm³/mol. The number of hydrogen-bond acceptors (Lipinski definition) is 4. The maximum Gasteiger partial charge on any atom is 0.172 e. The lowest BCUT2D eigenvalue weighted by molar-refractivity contribution is 0.102. The Morgan fingerprint density at radius 1 is 1.27 bits per heavy atom. The molecule has 3 nitrogen and oxygen atoms in total. The molecule has 0 aliphatic rings. The van der Waals surface area contributed by atoms with Crippen LogP contribution in [-0.4, -0.2) is 25.8 Å². The third-order valence-electron chi connectivity index (χ3n) is 2.17. The first-order chi connectivity index (χ1) is 7.13. The number of ketones is 1. The molecule has 0 heterocycles. The Labute approximate surface area is 94.8 Å². The molecule has 4 heteroatoms. The van der Waals surface area contributed by atoms with Gasteiger partial charge in [0.25, 0.3) is 0 Å². The van der Waals surface area contributed by atoms with E-state index in [9.17, 15) is 4.79 Å². The van der Waals surface area contributed by atoms with Gasteiger partial charge in [-0.15, -0.1) is 0 Å². The second kappa shape index (κ2) is 5.07. The number of thiol groups is 1. The summed E-state index contributed by atoms with van der Waals surface area (Å²) in [4.78, 5) is 11.5. The quantitative estimate of drug-likeness (QED) is 0.631. The van der Waals surface area contributed by atoms with Crippen molar-refractivity contribution in [3.05, 3.63) is 23.3 Å². The molecule has 82 valence electrons. The van der Waals surface area contributed by atoms with Gasteiger partial charge in [-0.3, -0.25) is 4.79 Å². The van der Waals surface area contributed by atoms with E-state index in [0.717, 1.165) is 5.56 Å². The Hall–Kier alpha value is -1.16. The van der Waals surface area contributed by atoms with Gasteiger partial charge in [-0.2, -0.15) is 12.6 Å². The number of ether oxygens (including phenoxy) is 2. The van der Waals surface area contributed by atoms with Crippen LogP contribution >= 0.6 is 12.6 Å². The van der Waals surface area contributed by atoms with Crippen molar-refractivity contribution in [2.75, 3.05) is 20.0 Å². The number of carbonyl (C=O) groups excluding carboxylic acids is 1. The number of benzene rings is 1. The summed E-state index contributed by atoms with van der Waals surface area (Å²) in [6.07, 6.45) is 0. The van der Waals surface area contributed by atoms with E-state index in [0.29, 0.717) is 17.1 Å². The van der Waals surface area contributed by atoms with Crippen molar-refractivity contribution in [2.24, 2.45) is 0 Å². The summed E-state index contributed by atoms with van der Waals surface area (Å²) in [5.41, 5.74) is 1.49. The summed E-state index contributed by atoms with van der Waals surface area (Å²) in [7, 11) is 3.11. The highest BCUT2D eigenvalue weighted by Crippen LogP contribution is 2.30. The molecular formula is C11H14O3S. The molecular weight excluding hydrogens is 212 g/mol. The van der Waals surface area contributed by atoms with Crippen LogP contribution in [0.5, 0.6) is 11.5 Å². The van der Waals surface area contributed by atoms with Gasteiger partial charge >= 0.3 is 0 Å². The van der Waals surface area contributed by atoms with Crippen LogP contribution in [0.2, 0.25) is 0 Å². The minimum Gasteiger partial charge on any atom is -0.493 e. The van der Waals surface area contributed by atoms with E-state index in [4.69, 9.17) is 9.47 Å². The van der Waals surface area contributed by atoms with Crippen LogP contribution in [-0.2, 0) is 0 Å². The van der Waals surface area contributed by atoms with Gasteiger partial charge < -0.3 is 9.47 Å². The van der Waals surface area contributed by atoms with Crippen molar-refractivity contribution in [3.63, 3.8) is 0 Å². The van der Waals surface area contributed by atoms with E-state index in [1.807, 2.05) is 6.92 Å². The molecule has 0 spiro atoms. The van der Waals surface area contributed by atoms with Crippen LogP contribution in [0.3, 0.4) is 0 Å². The average Bonchev–Trinajstić information content (AvgIpc) is 2.27. The van der Waals surface area contributed by atoms with Gasteiger partial charge in [-0.1, -0.05) is 0 Å². The highest BCUT2D eigenvalue weighted by atomic mass is 32.1. The number of methoxy groups -OCH3 is 2. The zero-order chi connectivity index (χ0) is 11.4. The van der Waals surface area contributed by atoms with Crippen LogP contribution in [0.15, 0.2) is 12.1 Å². The second-order valence-electron chi connectivity index (χ2n) is 3.10. The van der Waals surface area contributed by atoms with E-state index < -0.39 is 0 Å². The SMILES string of the molecule is COc1cc(C)c(C(=O)CS)cc1OC. The van der Waals surface area contributed by atoms with Gasteiger partial charge in [0.2, 0.25) is 0 Å². The fraction of sp³-hybridized carbons (Fsp3) is 0.364. The van der Waals surface area contributed by atoms with Gasteiger partial charge in [0.1, 0.15) is 0 Å². The molecule has 0 saturated carbocycles. The van der Waals surface area contributed by atoms with Crippen molar-refractivity contribution in [3.8, 4) is 11.5 Å². The molecule has 0 amide bonds. The highest BCUT2D eigenvalue weighted by Gasteiger charge is 2.12. The van der Waals surface area contributed by atoms with E-state index in [1.54, 1.807) is 26.4 Å². The third kappa shape index (κ3) is 2.45. The van der Waals surface area contributed by atoms with Gasteiger partial charge in [0.05, 0.1) is 20.0 Å². The molecule has 0 aliphatic carbocycles. The van der Waals surface area contributed by atoms with Crippen LogP contribution in [0.4, 0.5) is 0 Å². The van der Waals surface area contributed by atoms with Crippen LogP contribution in [0, 0.1) is 6.92 Å². The molecule has 1 rings (SSSR count). The van der Waals surface area contributed by atoms with Crippen molar-refractivity contribution < 1.29 is 14.3 Å². The Bertz CT molecular complexity index is 374.